The van der Waals surface area contributed by atoms with Crippen LogP contribution in [-0.4, -0.2) is 27.9 Å². The summed E-state index contributed by atoms with van der Waals surface area (Å²) in [6.07, 6.45) is 5.94. The minimum Gasteiger partial charge on any atom is -0.317 e. The Kier molecular flexibility index (Phi) is 1.84. The van der Waals surface area contributed by atoms with Crippen LogP contribution in [0.25, 0.3) is 0 Å². The Bertz CT molecular complexity index is 236. The maximum absolute atomic E-state index is 3.84. The van der Waals surface area contributed by atoms with Crippen LogP contribution >= 0.6 is 0 Å². The lowest BCUT2D eigenvalue weighted by atomic mass is 9.90. The van der Waals surface area contributed by atoms with Crippen LogP contribution in [-0.2, 0) is 5.54 Å². The molecule has 0 amide bonds. The van der Waals surface area contributed by atoms with Gasteiger partial charge in [-0.15, -0.1) is 10.2 Å². The zero-order valence-electron chi connectivity index (χ0n) is 7.32. The van der Waals surface area contributed by atoms with Crippen molar-refractivity contribution < 1.29 is 0 Å². The van der Waals surface area contributed by atoms with Gasteiger partial charge in [-0.25, -0.2) is 0 Å². The summed E-state index contributed by atoms with van der Waals surface area (Å²) in [6, 6.07) is 0. The van der Waals surface area contributed by atoms with E-state index in [4.69, 9.17) is 0 Å². The van der Waals surface area contributed by atoms with Gasteiger partial charge in [-0.1, -0.05) is 0 Å². The van der Waals surface area contributed by atoms with Crippen molar-refractivity contribution in [3.63, 3.8) is 0 Å². The largest absolute Gasteiger partial charge is 0.317 e. The lowest BCUT2D eigenvalue weighted by Gasteiger charge is -2.34. The van der Waals surface area contributed by atoms with Gasteiger partial charge in [0.25, 0.3) is 0 Å². The third-order valence-electron chi connectivity index (χ3n) is 2.72. The summed E-state index contributed by atoms with van der Waals surface area (Å²) in [5.41, 5.74) is 0.231. The van der Waals surface area contributed by atoms with Gasteiger partial charge in [0.05, 0.1) is 0 Å². The van der Waals surface area contributed by atoms with E-state index in [1.807, 2.05) is 12.7 Å². The first-order valence-electron chi connectivity index (χ1n) is 4.37. The number of nitrogens with zero attached hydrogens (tertiary/aromatic N) is 3. The molecule has 0 atom stereocenters. The Morgan fingerprint density at radius 2 is 1.83 bits per heavy atom. The summed E-state index contributed by atoms with van der Waals surface area (Å²) in [5, 5.41) is 11.0. The zero-order chi connectivity index (χ0) is 8.44. The van der Waals surface area contributed by atoms with Crippen LogP contribution in [0.3, 0.4) is 0 Å². The van der Waals surface area contributed by atoms with Gasteiger partial charge in [0.2, 0.25) is 0 Å². The van der Waals surface area contributed by atoms with E-state index in [1.54, 1.807) is 0 Å². The van der Waals surface area contributed by atoms with Gasteiger partial charge in [0.15, 0.2) is 0 Å². The average Bonchev–Trinajstić information content (AvgIpc) is 2.58. The Hall–Kier alpha value is -0.900. The number of hydrogen-bond acceptors (Lipinski definition) is 3. The molecule has 0 aromatic carbocycles. The van der Waals surface area contributed by atoms with Crippen molar-refractivity contribution in [2.45, 2.75) is 25.3 Å². The van der Waals surface area contributed by atoms with E-state index in [0.29, 0.717) is 0 Å². The molecule has 0 spiro atoms. The molecule has 2 heterocycles. The van der Waals surface area contributed by atoms with Crippen molar-refractivity contribution in [3.8, 4) is 0 Å². The summed E-state index contributed by atoms with van der Waals surface area (Å²) < 4.78 is 2.12. The van der Waals surface area contributed by atoms with Crippen LogP contribution in [0.1, 0.15) is 19.8 Å². The van der Waals surface area contributed by atoms with E-state index in [1.165, 1.54) is 0 Å². The molecule has 0 unspecified atom stereocenters. The van der Waals surface area contributed by atoms with E-state index in [-0.39, 0.29) is 5.54 Å². The van der Waals surface area contributed by atoms with Crippen LogP contribution in [0.2, 0.25) is 0 Å². The van der Waals surface area contributed by atoms with Gasteiger partial charge in [0.1, 0.15) is 12.7 Å². The third kappa shape index (κ3) is 1.22. The second-order valence-electron chi connectivity index (χ2n) is 3.62. The summed E-state index contributed by atoms with van der Waals surface area (Å²) >= 11 is 0. The quantitative estimate of drug-likeness (QED) is 0.655. The normalized spacial score (nSPS) is 22.4. The Balaban J connectivity index is 2.19. The van der Waals surface area contributed by atoms with Crippen molar-refractivity contribution in [1.82, 2.24) is 20.1 Å². The van der Waals surface area contributed by atoms with Gasteiger partial charge >= 0.3 is 0 Å². The summed E-state index contributed by atoms with van der Waals surface area (Å²) in [7, 11) is 0. The molecule has 1 aromatic rings. The fraction of sp³-hybridized carbons (Fsp3) is 0.750. The Morgan fingerprint density at radius 3 is 2.42 bits per heavy atom. The molecule has 0 saturated carbocycles. The van der Waals surface area contributed by atoms with Crippen molar-refractivity contribution in [1.29, 1.82) is 0 Å². The maximum Gasteiger partial charge on any atom is 0.119 e. The van der Waals surface area contributed by atoms with Gasteiger partial charge in [0, 0.05) is 5.54 Å². The molecule has 1 N–H and O–H groups in total. The first-order chi connectivity index (χ1) is 5.81. The molecule has 0 radical (unpaired) electrons. The number of hydrogen-bond donors (Lipinski definition) is 1. The van der Waals surface area contributed by atoms with Crippen LogP contribution in [0.15, 0.2) is 12.7 Å². The van der Waals surface area contributed by atoms with Gasteiger partial charge in [-0.3, -0.25) is 0 Å². The molecular weight excluding hydrogens is 152 g/mol. The molecule has 66 valence electrons. The fourth-order valence-electron chi connectivity index (χ4n) is 1.70. The smallest absolute Gasteiger partial charge is 0.119 e. The zero-order valence-corrected chi connectivity index (χ0v) is 7.32. The molecule has 1 aromatic heterocycles. The Labute approximate surface area is 72.0 Å². The van der Waals surface area contributed by atoms with Crippen LogP contribution in [0.4, 0.5) is 0 Å². The topological polar surface area (TPSA) is 42.7 Å². The number of piperidine rings is 1. The second kappa shape index (κ2) is 2.86. The van der Waals surface area contributed by atoms with Gasteiger partial charge in [-0.2, -0.15) is 0 Å². The Morgan fingerprint density at radius 1 is 1.25 bits per heavy atom. The van der Waals surface area contributed by atoms with Crippen LogP contribution in [0.5, 0.6) is 0 Å². The summed E-state index contributed by atoms with van der Waals surface area (Å²) in [5.74, 6) is 0. The molecule has 1 saturated heterocycles. The molecule has 12 heavy (non-hydrogen) atoms. The molecule has 4 heteroatoms. The van der Waals surface area contributed by atoms with E-state index in [2.05, 4.69) is 27.0 Å². The van der Waals surface area contributed by atoms with Crippen molar-refractivity contribution in [2.24, 2.45) is 0 Å². The first kappa shape index (κ1) is 7.73. The molecule has 1 fully saturated rings. The second-order valence-corrected chi connectivity index (χ2v) is 3.62. The highest BCUT2D eigenvalue weighted by atomic mass is 15.3. The van der Waals surface area contributed by atoms with Crippen molar-refractivity contribution in [3.05, 3.63) is 12.7 Å². The number of rotatable bonds is 1. The van der Waals surface area contributed by atoms with E-state index >= 15 is 0 Å². The van der Waals surface area contributed by atoms with Crippen molar-refractivity contribution in [2.75, 3.05) is 13.1 Å². The van der Waals surface area contributed by atoms with Crippen LogP contribution < -0.4 is 5.32 Å². The van der Waals surface area contributed by atoms with E-state index in [0.717, 1.165) is 25.9 Å². The predicted octanol–water partition coefficient (Wildman–Crippen LogP) is 0.377. The minimum atomic E-state index is 0.231. The van der Waals surface area contributed by atoms with E-state index < -0.39 is 0 Å². The fourth-order valence-corrected chi connectivity index (χ4v) is 1.70. The molecule has 0 bridgehead atoms. The number of nitrogens with one attached hydrogen (secondary N) is 1. The summed E-state index contributed by atoms with van der Waals surface area (Å²) in [4.78, 5) is 0. The molecular formula is C8H14N4. The predicted molar refractivity (Wildman–Crippen MR) is 45.8 cm³/mol. The molecule has 1 aliphatic heterocycles. The molecule has 1 aliphatic rings. The highest BCUT2D eigenvalue weighted by Crippen LogP contribution is 2.25. The highest BCUT2D eigenvalue weighted by Gasteiger charge is 2.27. The lowest BCUT2D eigenvalue weighted by Crippen LogP contribution is -2.41. The van der Waals surface area contributed by atoms with Crippen LogP contribution in [0, 0.1) is 0 Å². The summed E-state index contributed by atoms with van der Waals surface area (Å²) in [6.45, 7) is 4.44. The molecule has 0 aliphatic carbocycles. The highest BCUT2D eigenvalue weighted by molar-refractivity contribution is 4.88. The molecule has 2 rings (SSSR count). The van der Waals surface area contributed by atoms with Crippen molar-refractivity contribution >= 4 is 0 Å². The van der Waals surface area contributed by atoms with Gasteiger partial charge in [-0.05, 0) is 32.9 Å². The lowest BCUT2D eigenvalue weighted by molar-refractivity contribution is 0.230. The SMILES string of the molecule is CC1(n2cnnc2)CCNCC1. The van der Waals surface area contributed by atoms with Gasteiger partial charge < -0.3 is 9.88 Å². The first-order valence-corrected chi connectivity index (χ1v) is 4.37. The van der Waals surface area contributed by atoms with E-state index in [9.17, 15) is 0 Å². The monoisotopic (exact) mass is 166 g/mol. The third-order valence-corrected chi connectivity index (χ3v) is 2.72. The average molecular weight is 166 g/mol. The molecule has 4 nitrogen and oxygen atoms in total. The number of aromatic nitrogens is 3. The minimum absolute atomic E-state index is 0.231. The maximum atomic E-state index is 3.84. The standard InChI is InChI=1S/C8H14N4/c1-8(2-4-9-5-3-8)12-6-10-11-7-12/h6-7,9H,2-5H2,1H3.